The van der Waals surface area contributed by atoms with E-state index in [1.807, 2.05) is 0 Å². The number of rotatable bonds is 4. The van der Waals surface area contributed by atoms with E-state index >= 15 is 0 Å². The van der Waals surface area contributed by atoms with Gasteiger partial charge in [0.15, 0.2) is 0 Å². The van der Waals surface area contributed by atoms with Crippen molar-refractivity contribution in [2.75, 3.05) is 12.4 Å². The Morgan fingerprint density at radius 1 is 1.19 bits per heavy atom. The van der Waals surface area contributed by atoms with Gasteiger partial charge < -0.3 is 5.32 Å². The third kappa shape index (κ3) is 12.1. The molecule has 2 amide bonds. The van der Waals surface area contributed by atoms with E-state index in [9.17, 15) is 9.70 Å². The summed E-state index contributed by atoms with van der Waals surface area (Å²) in [6, 6.07) is -0.265. The number of hydrogen-bond donors (Lipinski definition) is 1. The van der Waals surface area contributed by atoms with E-state index in [1.54, 1.807) is 0 Å². The molecule has 0 atom stereocenters. The number of nitroso groups, excluding NO2 is 1. The highest BCUT2D eigenvalue weighted by Crippen LogP contribution is 2.26. The molecular formula is C25H42ClN3O2. The first kappa shape index (κ1) is 27.4. The predicted molar refractivity (Wildman–Crippen MR) is 132 cm³/mol. The number of nitrogens with one attached hydrogen (secondary N) is 1. The van der Waals surface area contributed by atoms with Crippen LogP contribution in [0.4, 0.5) is 4.79 Å². The third-order valence-electron chi connectivity index (χ3n) is 5.99. The van der Waals surface area contributed by atoms with Crippen molar-refractivity contribution in [1.29, 1.82) is 0 Å². The van der Waals surface area contributed by atoms with E-state index in [1.165, 1.54) is 24.0 Å². The van der Waals surface area contributed by atoms with Crippen LogP contribution in [0.5, 0.6) is 0 Å². The molecule has 176 valence electrons. The van der Waals surface area contributed by atoms with Gasteiger partial charge in [0.1, 0.15) is 0 Å². The maximum Gasteiger partial charge on any atom is 0.340 e. The zero-order valence-electron chi connectivity index (χ0n) is 20.1. The van der Waals surface area contributed by atoms with Crippen molar-refractivity contribution in [3.05, 3.63) is 40.4 Å². The molecule has 2 aliphatic rings. The summed E-state index contributed by atoms with van der Waals surface area (Å²) < 4.78 is 0. The minimum Gasteiger partial charge on any atom is -0.334 e. The number of nitrogens with zero attached hydrogens (tertiary/aromatic N) is 2. The Bertz CT molecular complexity index is 647. The Kier molecular flexibility index (Phi) is 12.8. The Labute approximate surface area is 194 Å². The molecule has 0 aromatic rings. The molecule has 0 unspecified atom stereocenters. The molecule has 1 N–H and O–H groups in total. The maximum absolute atomic E-state index is 11.6. The number of carbonyl (C=O) groups excluding carboxylic acids is 1. The van der Waals surface area contributed by atoms with E-state index in [-0.39, 0.29) is 18.5 Å². The fourth-order valence-electron chi connectivity index (χ4n) is 3.71. The second-order valence-electron chi connectivity index (χ2n) is 9.74. The number of halogens is 1. The van der Waals surface area contributed by atoms with Crippen molar-refractivity contribution in [3.8, 4) is 0 Å². The molecule has 0 saturated heterocycles. The molecule has 2 aliphatic carbocycles. The third-order valence-corrected chi connectivity index (χ3v) is 6.16. The van der Waals surface area contributed by atoms with Crippen LogP contribution in [0.1, 0.15) is 86.0 Å². The Morgan fingerprint density at radius 3 is 2.48 bits per heavy atom. The molecule has 1 saturated carbocycles. The highest BCUT2D eigenvalue weighted by Gasteiger charge is 2.22. The zero-order chi connectivity index (χ0) is 23.3. The zero-order valence-corrected chi connectivity index (χ0v) is 20.9. The molecule has 6 heteroatoms. The molecule has 5 nitrogen and oxygen atoms in total. The van der Waals surface area contributed by atoms with Crippen LogP contribution in [0, 0.1) is 16.2 Å². The Hall–Kier alpha value is -1.62. The fourth-order valence-corrected chi connectivity index (χ4v) is 3.87. The summed E-state index contributed by atoms with van der Waals surface area (Å²) in [7, 11) is 0. The van der Waals surface area contributed by atoms with Crippen molar-refractivity contribution in [1.82, 2.24) is 10.3 Å². The van der Waals surface area contributed by atoms with E-state index in [0.717, 1.165) is 49.5 Å². The van der Waals surface area contributed by atoms with Crippen LogP contribution in [-0.4, -0.2) is 29.5 Å². The van der Waals surface area contributed by atoms with Gasteiger partial charge in [0, 0.05) is 11.9 Å². The molecule has 31 heavy (non-hydrogen) atoms. The second kappa shape index (κ2) is 14.4. The van der Waals surface area contributed by atoms with Crippen LogP contribution < -0.4 is 5.32 Å². The standard InChI is InChI=1S/C15H24.C10H18ClN3O2/c1-13-7-5-8-14(2)10-12-15(3,4)11-6-9-13;1-8-2-4-9(5-3-8)12-10(15)14(13-16)7-6-11/h6-7,10-11H,5,8-9,12H2,1-4H3;8-9H,2-7H2,1H3,(H,12,15). The van der Waals surface area contributed by atoms with Gasteiger partial charge in [-0.2, -0.15) is 5.01 Å². The van der Waals surface area contributed by atoms with Crippen molar-refractivity contribution < 1.29 is 4.79 Å². The van der Waals surface area contributed by atoms with Gasteiger partial charge in [-0.3, -0.25) is 0 Å². The van der Waals surface area contributed by atoms with Crippen LogP contribution in [0.15, 0.2) is 40.7 Å². The Morgan fingerprint density at radius 2 is 1.87 bits per heavy atom. The molecule has 0 aliphatic heterocycles. The average Bonchev–Trinajstić information content (AvgIpc) is 2.74. The van der Waals surface area contributed by atoms with Crippen molar-refractivity contribution in [2.45, 2.75) is 92.0 Å². The lowest BCUT2D eigenvalue weighted by Gasteiger charge is -2.27. The van der Waals surface area contributed by atoms with Crippen molar-refractivity contribution in [2.24, 2.45) is 16.6 Å². The van der Waals surface area contributed by atoms with Crippen LogP contribution in [0.3, 0.4) is 0 Å². The number of allylic oxidation sites excluding steroid dienone is 6. The summed E-state index contributed by atoms with van der Waals surface area (Å²) >= 11 is 5.46. The molecule has 0 radical (unpaired) electrons. The molecule has 0 aromatic heterocycles. The van der Waals surface area contributed by atoms with Crippen LogP contribution in [-0.2, 0) is 0 Å². The largest absolute Gasteiger partial charge is 0.340 e. The molecule has 0 aromatic carbocycles. The quantitative estimate of drug-likeness (QED) is 0.208. The summed E-state index contributed by atoms with van der Waals surface area (Å²) in [5, 5.41) is 6.29. The minimum atomic E-state index is -0.435. The fraction of sp³-hybridized carbons (Fsp3) is 0.720. The van der Waals surface area contributed by atoms with Gasteiger partial charge in [-0.1, -0.05) is 56.2 Å². The number of alkyl halides is 1. The molecule has 0 heterocycles. The van der Waals surface area contributed by atoms with E-state index in [4.69, 9.17) is 11.6 Å². The lowest BCUT2D eigenvalue weighted by atomic mass is 9.87. The SMILES string of the molecule is CC1=CCCC(C)=CCC(C)(C)C=CC1.CC1CCC(NC(=O)N(CCCl)N=O)CC1. The lowest BCUT2D eigenvalue weighted by Crippen LogP contribution is -2.44. The van der Waals surface area contributed by atoms with Gasteiger partial charge in [0.2, 0.25) is 0 Å². The summed E-state index contributed by atoms with van der Waals surface area (Å²) in [6.07, 6.45) is 18.3. The van der Waals surface area contributed by atoms with Crippen LogP contribution in [0.25, 0.3) is 0 Å². The minimum absolute atomic E-state index is 0.153. The normalized spacial score (nSPS) is 23.8. The van der Waals surface area contributed by atoms with E-state index in [2.05, 4.69) is 69.5 Å². The first-order valence-corrected chi connectivity index (χ1v) is 12.2. The summed E-state index contributed by atoms with van der Waals surface area (Å²) in [5.41, 5.74) is 3.34. The Balaban J connectivity index is 0.000000311. The first-order chi connectivity index (χ1) is 14.7. The van der Waals surface area contributed by atoms with Gasteiger partial charge in [-0.05, 0) is 76.5 Å². The second-order valence-corrected chi connectivity index (χ2v) is 10.1. The number of amides is 2. The molecule has 1 fully saturated rings. The highest BCUT2D eigenvalue weighted by atomic mass is 35.5. The number of hydrogen-bond acceptors (Lipinski definition) is 3. The average molecular weight is 452 g/mol. The molecule has 0 spiro atoms. The summed E-state index contributed by atoms with van der Waals surface area (Å²) in [4.78, 5) is 22.0. The van der Waals surface area contributed by atoms with Gasteiger partial charge in [-0.15, -0.1) is 16.5 Å². The van der Waals surface area contributed by atoms with Gasteiger partial charge >= 0.3 is 6.03 Å². The van der Waals surface area contributed by atoms with Crippen LogP contribution in [0.2, 0.25) is 0 Å². The van der Waals surface area contributed by atoms with Crippen LogP contribution >= 0.6 is 11.6 Å². The lowest BCUT2D eigenvalue weighted by molar-refractivity contribution is 0.191. The summed E-state index contributed by atoms with van der Waals surface area (Å²) in [6.45, 7) is 11.5. The van der Waals surface area contributed by atoms with Crippen molar-refractivity contribution in [3.63, 3.8) is 0 Å². The van der Waals surface area contributed by atoms with Gasteiger partial charge in [0.05, 0.1) is 11.8 Å². The monoisotopic (exact) mass is 451 g/mol. The highest BCUT2D eigenvalue weighted by molar-refractivity contribution is 6.18. The van der Waals surface area contributed by atoms with Gasteiger partial charge in [-0.25, -0.2) is 4.79 Å². The van der Waals surface area contributed by atoms with Gasteiger partial charge in [0.25, 0.3) is 0 Å². The predicted octanol–water partition coefficient (Wildman–Crippen LogP) is 7.53. The number of urea groups is 1. The van der Waals surface area contributed by atoms with E-state index in [0.29, 0.717) is 5.41 Å². The smallest absolute Gasteiger partial charge is 0.334 e. The number of carbonyl (C=O) groups is 1. The maximum atomic E-state index is 11.6. The molecule has 2 rings (SSSR count). The molecular weight excluding hydrogens is 410 g/mol. The van der Waals surface area contributed by atoms with Crippen molar-refractivity contribution >= 4 is 17.6 Å². The molecule has 0 bridgehead atoms. The van der Waals surface area contributed by atoms with E-state index < -0.39 is 6.03 Å². The summed E-state index contributed by atoms with van der Waals surface area (Å²) in [5.74, 6) is 0.942. The topological polar surface area (TPSA) is 61.8 Å². The first-order valence-electron chi connectivity index (χ1n) is 11.6.